The summed E-state index contributed by atoms with van der Waals surface area (Å²) < 4.78 is 1.20. The summed E-state index contributed by atoms with van der Waals surface area (Å²) in [7, 11) is 1.93. The van der Waals surface area contributed by atoms with Gasteiger partial charge in [0.1, 0.15) is 0 Å². The predicted octanol–water partition coefficient (Wildman–Crippen LogP) is 1.08. The van der Waals surface area contributed by atoms with Gasteiger partial charge in [-0.25, -0.2) is 4.57 Å². The molecule has 5 heteroatoms. The lowest BCUT2D eigenvalue weighted by Gasteiger charge is -2.01. The van der Waals surface area contributed by atoms with Crippen LogP contribution in [0, 0.1) is 0 Å². The van der Waals surface area contributed by atoms with Gasteiger partial charge < -0.3 is 0 Å². The fourth-order valence-corrected chi connectivity index (χ4v) is 2.43. The van der Waals surface area contributed by atoms with E-state index < -0.39 is 0 Å². The number of rotatable bonds is 2. The van der Waals surface area contributed by atoms with Crippen LogP contribution in [0.3, 0.4) is 0 Å². The van der Waals surface area contributed by atoms with Crippen LogP contribution >= 0.6 is 20.7 Å². The highest BCUT2D eigenvalue weighted by Crippen LogP contribution is 2.02. The number of nitrogens with zero attached hydrogens (tertiary/aromatic N) is 1. The Morgan fingerprint density at radius 1 is 1.45 bits per heavy atom. The van der Waals surface area contributed by atoms with E-state index in [2.05, 4.69) is 6.58 Å². The van der Waals surface area contributed by atoms with Gasteiger partial charge in [0, 0.05) is 0 Å². The standard InChI is InChI=1S/C6H7NO2S2/c1-3-4(2)7-5(8)10-11-6(7)9/h3-4H,1H2,2H3. The molecular formula is C6H7NO2S2. The maximum atomic E-state index is 11.0. The second-order valence-corrected chi connectivity index (χ2v) is 4.08. The molecule has 0 amide bonds. The molecule has 0 saturated heterocycles. The van der Waals surface area contributed by atoms with Gasteiger partial charge in [0.25, 0.3) is 0 Å². The van der Waals surface area contributed by atoms with Crippen LogP contribution in [0.4, 0.5) is 0 Å². The van der Waals surface area contributed by atoms with Gasteiger partial charge in [0.05, 0.1) is 6.04 Å². The predicted molar refractivity (Wildman–Crippen MR) is 47.6 cm³/mol. The lowest BCUT2D eigenvalue weighted by Crippen LogP contribution is -2.25. The Morgan fingerprint density at radius 3 is 2.27 bits per heavy atom. The Kier molecular flexibility index (Phi) is 2.41. The third kappa shape index (κ3) is 1.49. The molecule has 0 aliphatic rings. The molecule has 11 heavy (non-hydrogen) atoms. The lowest BCUT2D eigenvalue weighted by atomic mass is 10.3. The zero-order chi connectivity index (χ0) is 8.43. The largest absolute Gasteiger partial charge is 0.321 e. The summed E-state index contributed by atoms with van der Waals surface area (Å²) in [5.74, 6) is 0. The van der Waals surface area contributed by atoms with Gasteiger partial charge in [0.2, 0.25) is 0 Å². The SMILES string of the molecule is C=CC(C)n1c(=O)ssc1=O. The third-order valence-electron chi connectivity index (χ3n) is 1.33. The summed E-state index contributed by atoms with van der Waals surface area (Å²) in [5.41, 5.74) is 0. The van der Waals surface area contributed by atoms with E-state index in [0.29, 0.717) is 0 Å². The maximum Gasteiger partial charge on any atom is 0.321 e. The Hall–Kier alpha value is -0.680. The molecule has 1 heterocycles. The zero-order valence-electron chi connectivity index (χ0n) is 5.94. The third-order valence-corrected chi connectivity index (χ3v) is 3.19. The first kappa shape index (κ1) is 8.42. The Labute approximate surface area is 70.6 Å². The number of allylic oxidation sites excluding steroid dienone is 1. The molecule has 1 aromatic heterocycles. The minimum atomic E-state index is -0.201. The van der Waals surface area contributed by atoms with Gasteiger partial charge in [-0.05, 0) is 27.6 Å². The molecule has 0 N–H and O–H groups in total. The summed E-state index contributed by atoms with van der Waals surface area (Å²) >= 11 is 0. The van der Waals surface area contributed by atoms with Crippen LogP contribution in [0.5, 0.6) is 0 Å². The quantitative estimate of drug-likeness (QED) is 0.516. The van der Waals surface area contributed by atoms with Gasteiger partial charge in [-0.1, -0.05) is 6.08 Å². The molecule has 1 atom stereocenters. The molecule has 0 aliphatic carbocycles. The molecule has 0 radical (unpaired) electrons. The van der Waals surface area contributed by atoms with Crippen LogP contribution in [0.15, 0.2) is 22.2 Å². The van der Waals surface area contributed by atoms with E-state index in [-0.39, 0.29) is 15.8 Å². The van der Waals surface area contributed by atoms with E-state index in [9.17, 15) is 9.59 Å². The van der Waals surface area contributed by atoms with Crippen LogP contribution < -0.4 is 9.75 Å². The molecule has 0 aliphatic heterocycles. The average Bonchev–Trinajstić information content (AvgIpc) is 2.30. The first-order valence-electron chi connectivity index (χ1n) is 3.01. The highest BCUT2D eigenvalue weighted by molar-refractivity contribution is 7.67. The normalized spacial score (nSPS) is 12.8. The van der Waals surface area contributed by atoms with Crippen molar-refractivity contribution in [2.75, 3.05) is 0 Å². The van der Waals surface area contributed by atoms with Crippen molar-refractivity contribution in [2.45, 2.75) is 13.0 Å². The van der Waals surface area contributed by atoms with Crippen molar-refractivity contribution in [3.63, 3.8) is 0 Å². The molecule has 0 saturated carbocycles. The van der Waals surface area contributed by atoms with Crippen molar-refractivity contribution in [1.82, 2.24) is 4.57 Å². The van der Waals surface area contributed by atoms with E-state index in [1.807, 2.05) is 0 Å². The molecule has 1 rings (SSSR count). The van der Waals surface area contributed by atoms with Crippen LogP contribution in [0.2, 0.25) is 0 Å². The summed E-state index contributed by atoms with van der Waals surface area (Å²) in [5, 5.41) is 0. The van der Waals surface area contributed by atoms with Crippen molar-refractivity contribution in [3.05, 3.63) is 32.0 Å². The summed E-state index contributed by atoms with van der Waals surface area (Å²) in [6.45, 7) is 5.27. The van der Waals surface area contributed by atoms with Gasteiger partial charge >= 0.3 is 9.75 Å². The highest BCUT2D eigenvalue weighted by atomic mass is 32.9. The fourth-order valence-electron chi connectivity index (χ4n) is 0.664. The molecule has 0 spiro atoms. The minimum absolute atomic E-state index is 0.197. The monoisotopic (exact) mass is 189 g/mol. The summed E-state index contributed by atoms with van der Waals surface area (Å²) in [6.07, 6.45) is 1.57. The van der Waals surface area contributed by atoms with E-state index in [4.69, 9.17) is 0 Å². The molecule has 1 unspecified atom stereocenters. The Balaban J connectivity index is 3.31. The van der Waals surface area contributed by atoms with Crippen LogP contribution in [-0.2, 0) is 0 Å². The van der Waals surface area contributed by atoms with Crippen LogP contribution in [-0.4, -0.2) is 4.57 Å². The topological polar surface area (TPSA) is 39.1 Å². The van der Waals surface area contributed by atoms with Crippen molar-refractivity contribution < 1.29 is 0 Å². The van der Waals surface area contributed by atoms with Gasteiger partial charge in [-0.15, -0.1) is 6.58 Å². The molecule has 0 fully saturated rings. The molecular weight excluding hydrogens is 182 g/mol. The van der Waals surface area contributed by atoms with Gasteiger partial charge in [0.15, 0.2) is 0 Å². The van der Waals surface area contributed by atoms with E-state index >= 15 is 0 Å². The van der Waals surface area contributed by atoms with Gasteiger partial charge in [-0.2, -0.15) is 0 Å². The van der Waals surface area contributed by atoms with Crippen molar-refractivity contribution in [3.8, 4) is 0 Å². The number of hydrogen-bond donors (Lipinski definition) is 0. The first-order valence-corrected chi connectivity index (χ1v) is 5.16. The molecule has 0 bridgehead atoms. The second kappa shape index (κ2) is 3.15. The fraction of sp³-hybridized carbons (Fsp3) is 0.333. The number of hydrogen-bond acceptors (Lipinski definition) is 4. The van der Waals surface area contributed by atoms with Crippen molar-refractivity contribution in [1.29, 1.82) is 0 Å². The number of aromatic nitrogens is 1. The first-order chi connectivity index (χ1) is 5.16. The van der Waals surface area contributed by atoms with Crippen LogP contribution in [0.25, 0.3) is 0 Å². The highest BCUT2D eigenvalue weighted by Gasteiger charge is 2.07. The molecule has 0 aromatic carbocycles. The van der Waals surface area contributed by atoms with Crippen molar-refractivity contribution in [2.24, 2.45) is 0 Å². The zero-order valence-corrected chi connectivity index (χ0v) is 7.58. The molecule has 1 aromatic rings. The smallest absolute Gasteiger partial charge is 0.256 e. The Bertz CT molecular complexity index is 332. The lowest BCUT2D eigenvalue weighted by molar-refractivity contribution is 0.637. The van der Waals surface area contributed by atoms with E-state index in [1.54, 1.807) is 13.0 Å². The molecule has 3 nitrogen and oxygen atoms in total. The van der Waals surface area contributed by atoms with E-state index in [1.165, 1.54) is 4.57 Å². The maximum absolute atomic E-state index is 11.0. The van der Waals surface area contributed by atoms with Gasteiger partial charge in [-0.3, -0.25) is 9.59 Å². The minimum Gasteiger partial charge on any atom is -0.256 e. The molecule has 60 valence electrons. The summed E-state index contributed by atoms with van der Waals surface area (Å²) in [6, 6.07) is -0.197. The van der Waals surface area contributed by atoms with E-state index in [0.717, 1.165) is 20.7 Å². The van der Waals surface area contributed by atoms with Crippen LogP contribution in [0.1, 0.15) is 13.0 Å². The van der Waals surface area contributed by atoms with Crippen molar-refractivity contribution >= 4 is 20.7 Å². The second-order valence-electron chi connectivity index (χ2n) is 2.04. The average molecular weight is 189 g/mol. The Morgan fingerprint density at radius 2 is 1.91 bits per heavy atom. The summed E-state index contributed by atoms with van der Waals surface area (Å²) in [4.78, 5) is 21.6.